The van der Waals surface area contributed by atoms with Gasteiger partial charge in [-0.1, -0.05) is 26.8 Å². The van der Waals surface area contributed by atoms with Gasteiger partial charge in [-0.15, -0.1) is 0 Å². The van der Waals surface area contributed by atoms with E-state index < -0.39 is 0 Å². The fraction of sp³-hybridized carbons (Fsp3) is 0.667. The van der Waals surface area contributed by atoms with Gasteiger partial charge in [-0.25, -0.2) is 0 Å². The van der Waals surface area contributed by atoms with E-state index in [-0.39, 0.29) is 5.91 Å². The average molecular weight is 288 g/mol. The van der Waals surface area contributed by atoms with Gasteiger partial charge in [-0.2, -0.15) is 0 Å². The van der Waals surface area contributed by atoms with Gasteiger partial charge in [-0.05, 0) is 55.1 Å². The van der Waals surface area contributed by atoms with Crippen LogP contribution < -0.4 is 5.32 Å². The van der Waals surface area contributed by atoms with E-state index in [4.69, 9.17) is 0 Å². The predicted molar refractivity (Wildman–Crippen MR) is 85.9 cm³/mol. The zero-order valence-corrected chi connectivity index (χ0v) is 13.6. The van der Waals surface area contributed by atoms with Crippen molar-refractivity contribution in [3.63, 3.8) is 0 Å². The van der Waals surface area contributed by atoms with E-state index in [1.54, 1.807) is 12.4 Å². The molecule has 2 rings (SSSR count). The van der Waals surface area contributed by atoms with E-state index in [0.717, 1.165) is 24.3 Å². The number of nitrogens with one attached hydrogen (secondary N) is 1. The number of carbonyl (C=O) groups excluding carboxylic acids is 1. The molecule has 0 unspecified atom stereocenters. The smallest absolute Gasteiger partial charge is 0.224 e. The number of nitrogens with zero attached hydrogens (tertiary/aromatic N) is 1. The maximum absolute atomic E-state index is 12.1. The molecule has 0 spiro atoms. The lowest BCUT2D eigenvalue weighted by Crippen LogP contribution is -2.38. The largest absolute Gasteiger partial charge is 0.353 e. The molecule has 1 N–H and O–H groups in total. The summed E-state index contributed by atoms with van der Waals surface area (Å²) < 4.78 is 0. The minimum atomic E-state index is 0.127. The molecule has 1 aliphatic rings. The highest BCUT2D eigenvalue weighted by molar-refractivity contribution is 5.78. The molecule has 1 aliphatic carbocycles. The van der Waals surface area contributed by atoms with E-state index in [1.165, 1.54) is 19.3 Å². The quantitative estimate of drug-likeness (QED) is 0.917. The molecule has 1 saturated carbocycles. The third kappa shape index (κ3) is 5.86. The normalized spacial score (nSPS) is 22.8. The molecule has 0 bridgehead atoms. The number of amides is 1. The first-order valence-electron chi connectivity index (χ1n) is 8.11. The van der Waals surface area contributed by atoms with Crippen LogP contribution in [0.25, 0.3) is 0 Å². The lowest BCUT2D eigenvalue weighted by Gasteiger charge is -2.33. The summed E-state index contributed by atoms with van der Waals surface area (Å²) in [6.07, 6.45) is 9.97. The third-order valence-corrected chi connectivity index (χ3v) is 4.20. The van der Waals surface area contributed by atoms with Gasteiger partial charge in [0.25, 0.3) is 0 Å². The Labute approximate surface area is 128 Å². The van der Waals surface area contributed by atoms with Crippen LogP contribution in [-0.4, -0.2) is 16.9 Å². The summed E-state index contributed by atoms with van der Waals surface area (Å²) in [5.41, 5.74) is 1.40. The van der Waals surface area contributed by atoms with E-state index >= 15 is 0 Å². The molecule has 1 heterocycles. The van der Waals surface area contributed by atoms with E-state index in [1.807, 2.05) is 12.1 Å². The second kappa shape index (κ2) is 7.06. The zero-order valence-electron chi connectivity index (χ0n) is 13.6. The molecule has 1 aromatic heterocycles. The second-order valence-corrected chi connectivity index (χ2v) is 7.59. The van der Waals surface area contributed by atoms with Crippen molar-refractivity contribution < 1.29 is 4.79 Å². The molecular formula is C18H28N2O. The molecule has 0 radical (unpaired) electrons. The first-order chi connectivity index (χ1) is 9.92. The standard InChI is InChI=1S/C18H28N2O/c1-18(2,3)12-14-6-8-16(9-7-14)20-17(21)11-15-5-4-10-19-13-15/h4-5,10,13-14,16H,6-9,11-12H2,1-3H3,(H,20,21). The Bertz CT molecular complexity index is 442. The van der Waals surface area contributed by atoms with Crippen LogP contribution in [0.4, 0.5) is 0 Å². The molecule has 1 aromatic rings. The lowest BCUT2D eigenvalue weighted by molar-refractivity contribution is -0.121. The summed E-state index contributed by atoms with van der Waals surface area (Å²) in [7, 11) is 0. The Morgan fingerprint density at radius 3 is 2.57 bits per heavy atom. The van der Waals surface area contributed by atoms with Crippen LogP contribution >= 0.6 is 0 Å². The van der Waals surface area contributed by atoms with Crippen molar-refractivity contribution in [2.45, 2.75) is 65.3 Å². The highest BCUT2D eigenvalue weighted by atomic mass is 16.1. The summed E-state index contributed by atoms with van der Waals surface area (Å²) >= 11 is 0. The van der Waals surface area contributed by atoms with Crippen LogP contribution in [0.1, 0.15) is 58.4 Å². The SMILES string of the molecule is CC(C)(C)CC1CCC(NC(=O)Cc2cccnc2)CC1. The van der Waals surface area contributed by atoms with Crippen molar-refractivity contribution >= 4 is 5.91 Å². The maximum atomic E-state index is 12.1. The van der Waals surface area contributed by atoms with Gasteiger partial charge < -0.3 is 5.32 Å². The number of rotatable bonds is 4. The summed E-state index contributed by atoms with van der Waals surface area (Å²) in [6.45, 7) is 6.94. The number of pyridine rings is 1. The number of aromatic nitrogens is 1. The monoisotopic (exact) mass is 288 g/mol. The van der Waals surface area contributed by atoms with Gasteiger partial charge in [0.15, 0.2) is 0 Å². The number of hydrogen-bond donors (Lipinski definition) is 1. The van der Waals surface area contributed by atoms with E-state index in [2.05, 4.69) is 31.1 Å². The molecule has 0 aromatic carbocycles. The molecule has 0 aliphatic heterocycles. The van der Waals surface area contributed by atoms with Crippen LogP contribution in [0.2, 0.25) is 0 Å². The van der Waals surface area contributed by atoms with Crippen LogP contribution in [0.5, 0.6) is 0 Å². The number of carbonyl (C=O) groups is 1. The van der Waals surface area contributed by atoms with E-state index in [9.17, 15) is 4.79 Å². The zero-order chi connectivity index (χ0) is 15.3. The van der Waals surface area contributed by atoms with Crippen molar-refractivity contribution in [2.24, 2.45) is 11.3 Å². The van der Waals surface area contributed by atoms with Crippen LogP contribution in [0, 0.1) is 11.3 Å². The summed E-state index contributed by atoms with van der Waals surface area (Å²) in [5, 5.41) is 3.18. The minimum Gasteiger partial charge on any atom is -0.353 e. The third-order valence-electron chi connectivity index (χ3n) is 4.20. The van der Waals surface area contributed by atoms with Crippen LogP contribution in [-0.2, 0) is 11.2 Å². The average Bonchev–Trinajstić information content (AvgIpc) is 2.40. The topological polar surface area (TPSA) is 42.0 Å². The van der Waals surface area contributed by atoms with Crippen molar-refractivity contribution in [2.75, 3.05) is 0 Å². The van der Waals surface area contributed by atoms with Gasteiger partial charge in [-0.3, -0.25) is 9.78 Å². The van der Waals surface area contributed by atoms with Gasteiger partial charge >= 0.3 is 0 Å². The number of hydrogen-bond acceptors (Lipinski definition) is 2. The highest BCUT2D eigenvalue weighted by Gasteiger charge is 2.25. The Balaban J connectivity index is 1.72. The van der Waals surface area contributed by atoms with Gasteiger partial charge in [0.2, 0.25) is 5.91 Å². The molecule has 1 amide bonds. The minimum absolute atomic E-state index is 0.127. The molecule has 116 valence electrons. The molecule has 0 atom stereocenters. The Morgan fingerprint density at radius 2 is 2.00 bits per heavy atom. The van der Waals surface area contributed by atoms with Gasteiger partial charge in [0, 0.05) is 18.4 Å². The maximum Gasteiger partial charge on any atom is 0.224 e. The fourth-order valence-electron chi connectivity index (χ4n) is 3.34. The lowest BCUT2D eigenvalue weighted by atomic mass is 9.76. The summed E-state index contributed by atoms with van der Waals surface area (Å²) in [5.74, 6) is 0.957. The van der Waals surface area contributed by atoms with E-state index in [0.29, 0.717) is 17.9 Å². The highest BCUT2D eigenvalue weighted by Crippen LogP contribution is 2.34. The van der Waals surface area contributed by atoms with Crippen LogP contribution in [0.15, 0.2) is 24.5 Å². The molecule has 0 saturated heterocycles. The molecule has 3 nitrogen and oxygen atoms in total. The van der Waals surface area contributed by atoms with Crippen molar-refractivity contribution in [3.8, 4) is 0 Å². The predicted octanol–water partition coefficient (Wildman–Crippen LogP) is 3.74. The Kier molecular flexibility index (Phi) is 5.38. The van der Waals surface area contributed by atoms with Gasteiger partial charge in [0.05, 0.1) is 6.42 Å². The molecule has 1 fully saturated rings. The first-order valence-corrected chi connectivity index (χ1v) is 8.11. The van der Waals surface area contributed by atoms with Crippen molar-refractivity contribution in [1.82, 2.24) is 10.3 Å². The van der Waals surface area contributed by atoms with Crippen molar-refractivity contribution in [1.29, 1.82) is 0 Å². The molecule has 3 heteroatoms. The van der Waals surface area contributed by atoms with Crippen LogP contribution in [0.3, 0.4) is 0 Å². The summed E-state index contributed by atoms with van der Waals surface area (Å²) in [4.78, 5) is 16.1. The Morgan fingerprint density at radius 1 is 1.29 bits per heavy atom. The van der Waals surface area contributed by atoms with Crippen molar-refractivity contribution in [3.05, 3.63) is 30.1 Å². The van der Waals surface area contributed by atoms with Gasteiger partial charge in [0.1, 0.15) is 0 Å². The molecular weight excluding hydrogens is 260 g/mol. The second-order valence-electron chi connectivity index (χ2n) is 7.59. The Hall–Kier alpha value is -1.38. The fourth-order valence-corrected chi connectivity index (χ4v) is 3.34. The molecule has 21 heavy (non-hydrogen) atoms. The first kappa shape index (κ1) is 16.0. The summed E-state index contributed by atoms with van der Waals surface area (Å²) in [6, 6.07) is 4.19.